The molecule has 0 aromatic carbocycles. The van der Waals surface area contributed by atoms with Gasteiger partial charge >= 0.3 is 5.97 Å². The third-order valence-corrected chi connectivity index (χ3v) is 14.0. The Morgan fingerprint density at radius 1 is 0.519 bits per heavy atom. The number of aliphatic hydroxyl groups is 5. The summed E-state index contributed by atoms with van der Waals surface area (Å²) in [5.74, 6) is -1.25. The summed E-state index contributed by atoms with van der Waals surface area (Å²) in [7, 11) is 0. The Balaban J connectivity index is 2.67. The quantitative estimate of drug-likeness (QED) is 0.0149. The van der Waals surface area contributed by atoms with Crippen molar-refractivity contribution in [3.8, 4) is 0 Å². The summed E-state index contributed by atoms with van der Waals surface area (Å²) in [6, 6.07) is -1.06. The van der Waals surface area contributed by atoms with Crippen molar-refractivity contribution in [1.29, 1.82) is 0 Å². The molecule has 0 aromatic heterocycles. The number of aliphatic hydroxyl groups excluding tert-OH is 5. The van der Waals surface area contributed by atoms with Crippen molar-refractivity contribution in [1.82, 2.24) is 5.32 Å². The van der Waals surface area contributed by atoms with E-state index in [1.54, 1.807) is 6.08 Å². The van der Waals surface area contributed by atoms with Crippen LogP contribution in [0.25, 0.3) is 0 Å². The molecule has 0 radical (unpaired) electrons. The van der Waals surface area contributed by atoms with Crippen LogP contribution < -0.4 is 5.32 Å². The Bertz CT molecular complexity index is 1740. The molecule has 1 saturated heterocycles. The number of rotatable bonds is 51. The molecule has 11 heteroatoms. The summed E-state index contributed by atoms with van der Waals surface area (Å²) in [4.78, 5) is 26.5. The van der Waals surface area contributed by atoms with E-state index in [1.165, 1.54) is 96.3 Å². The second-order valence-electron chi connectivity index (χ2n) is 21.2. The highest BCUT2D eigenvalue weighted by molar-refractivity contribution is 5.80. The summed E-state index contributed by atoms with van der Waals surface area (Å²) >= 11 is 0. The van der Waals surface area contributed by atoms with Gasteiger partial charge in [-0.2, -0.15) is 0 Å². The third kappa shape index (κ3) is 42.6. The van der Waals surface area contributed by atoms with Crippen molar-refractivity contribution in [3.05, 3.63) is 122 Å². The molecule has 1 aliphatic rings. The van der Waals surface area contributed by atoms with E-state index < -0.39 is 67.4 Å². The molecule has 11 nitrogen and oxygen atoms in total. The van der Waals surface area contributed by atoms with Crippen molar-refractivity contribution in [3.63, 3.8) is 0 Å². The molecule has 0 aromatic rings. The Morgan fingerprint density at radius 3 is 1.51 bits per heavy atom. The first-order chi connectivity index (χ1) is 38.7. The minimum Gasteiger partial charge on any atom is -0.454 e. The molecule has 1 heterocycles. The number of hydrogen-bond donors (Lipinski definition) is 6. The first-order valence-electron chi connectivity index (χ1n) is 31.4. The van der Waals surface area contributed by atoms with Crippen molar-refractivity contribution in [2.75, 3.05) is 13.2 Å². The summed E-state index contributed by atoms with van der Waals surface area (Å²) < 4.78 is 17.6. The lowest BCUT2D eigenvalue weighted by molar-refractivity contribution is -0.305. The SMILES string of the molecule is CC\C=C/C=C/C=C/C=C\C=C\C=C\CCCCC(O)C(=O)NC(COC1OC(CO)C(O)C(O)C1OC(=O)CCCCCCCCCCCC/C=C\C/C=C\C/C=C\CCCCC)C(O)/C=C/CCCCCCCCCCC. The molecular formula is C68H113NO10. The van der Waals surface area contributed by atoms with Gasteiger partial charge in [-0.1, -0.05) is 264 Å². The van der Waals surface area contributed by atoms with Gasteiger partial charge in [0.25, 0.3) is 0 Å². The summed E-state index contributed by atoms with van der Waals surface area (Å²) in [6.07, 6.45) is 65.2. The second kappa shape index (κ2) is 54.6. The van der Waals surface area contributed by atoms with E-state index in [9.17, 15) is 35.1 Å². The number of nitrogens with one attached hydrogen (secondary N) is 1. The largest absolute Gasteiger partial charge is 0.454 e. The number of esters is 1. The van der Waals surface area contributed by atoms with Gasteiger partial charge in [-0.15, -0.1) is 0 Å². The summed E-state index contributed by atoms with van der Waals surface area (Å²) in [5, 5.41) is 56.9. The molecule has 0 spiro atoms. The fourth-order valence-corrected chi connectivity index (χ4v) is 9.04. The number of carbonyl (C=O) groups is 2. The van der Waals surface area contributed by atoms with Crippen LogP contribution in [0.1, 0.15) is 233 Å². The Morgan fingerprint density at radius 2 is 0.962 bits per heavy atom. The summed E-state index contributed by atoms with van der Waals surface area (Å²) in [5.41, 5.74) is 0. The number of carbonyl (C=O) groups excluding carboxylic acids is 2. The van der Waals surface area contributed by atoms with Crippen LogP contribution >= 0.6 is 0 Å². The van der Waals surface area contributed by atoms with Gasteiger partial charge in [0.15, 0.2) is 12.4 Å². The standard InChI is InChI=1S/C68H113NO10/c1-4-7-10-13-16-19-22-24-26-28-29-30-31-32-33-34-36-38-41-44-47-50-53-56-63(73)79-66-65(75)64(74)62(57-70)78-68(66)77-58-59(60(71)54-51-48-45-42-39-21-18-15-12-9-6-3)69-67(76)61(72)55-52-49-46-43-40-37-35-27-25-23-20-17-14-11-8-5-2/h8,11,14,16-17,19-20,23-27,29-30,35,37,40,43,51,54,59-62,64-66,68,70-72,74-75H,4-7,9-10,12-13,15,18,21-22,28,31-34,36,38-39,41-42,44-50,52-53,55-58H2,1-3H3,(H,69,76)/b11-8-,17-14+,19-16-,23-20+,26-24-,27-25-,30-29-,37-35+,43-40+,54-51+. The van der Waals surface area contributed by atoms with Gasteiger partial charge in [-0.25, -0.2) is 0 Å². The van der Waals surface area contributed by atoms with Gasteiger partial charge in [-0.05, 0) is 83.5 Å². The highest BCUT2D eigenvalue weighted by Crippen LogP contribution is 2.26. The fraction of sp³-hybridized carbons (Fsp3) is 0.676. The Kier molecular flexibility index (Phi) is 50.5. The molecule has 0 aliphatic carbocycles. The number of amides is 1. The normalized spacial score (nSPS) is 19.7. The number of ether oxygens (including phenoxy) is 3. The second-order valence-corrected chi connectivity index (χ2v) is 21.2. The van der Waals surface area contributed by atoms with Crippen LogP contribution in [-0.4, -0.2) is 99.6 Å². The molecule has 0 saturated carbocycles. The van der Waals surface area contributed by atoms with E-state index in [0.29, 0.717) is 12.8 Å². The zero-order valence-electron chi connectivity index (χ0n) is 49.7. The van der Waals surface area contributed by atoms with Crippen molar-refractivity contribution in [2.45, 2.75) is 282 Å². The lowest BCUT2D eigenvalue weighted by atomic mass is 9.99. The van der Waals surface area contributed by atoms with Gasteiger partial charge in [0.1, 0.15) is 24.4 Å². The van der Waals surface area contributed by atoms with E-state index in [4.69, 9.17) is 14.2 Å². The molecule has 0 bridgehead atoms. The first-order valence-corrected chi connectivity index (χ1v) is 31.4. The van der Waals surface area contributed by atoms with Crippen LogP contribution in [0.15, 0.2) is 122 Å². The minimum absolute atomic E-state index is 0.106. The van der Waals surface area contributed by atoms with Crippen LogP contribution in [0.3, 0.4) is 0 Å². The number of allylic oxidation sites excluding steroid dienone is 19. The predicted octanol–water partition coefficient (Wildman–Crippen LogP) is 15.1. The van der Waals surface area contributed by atoms with Crippen LogP contribution in [0.2, 0.25) is 0 Å². The lowest BCUT2D eigenvalue weighted by Crippen LogP contribution is -2.61. The van der Waals surface area contributed by atoms with E-state index in [2.05, 4.69) is 68.6 Å². The number of hydrogen-bond acceptors (Lipinski definition) is 10. The van der Waals surface area contributed by atoms with Crippen molar-refractivity contribution < 1.29 is 49.3 Å². The molecular weight excluding hydrogens is 991 g/mol. The Labute approximate surface area is 480 Å². The zero-order chi connectivity index (χ0) is 57.5. The molecule has 1 aliphatic heterocycles. The predicted molar refractivity (Wildman–Crippen MR) is 328 cm³/mol. The van der Waals surface area contributed by atoms with Crippen LogP contribution in [-0.2, 0) is 23.8 Å². The molecule has 1 rings (SSSR count). The maximum Gasteiger partial charge on any atom is 0.306 e. The molecule has 450 valence electrons. The highest BCUT2D eigenvalue weighted by Gasteiger charge is 2.47. The Hall–Kier alpha value is -3.94. The summed E-state index contributed by atoms with van der Waals surface area (Å²) in [6.45, 7) is 5.57. The maximum atomic E-state index is 13.4. The van der Waals surface area contributed by atoms with E-state index in [0.717, 1.165) is 89.9 Å². The molecule has 8 atom stereocenters. The maximum absolute atomic E-state index is 13.4. The van der Waals surface area contributed by atoms with E-state index in [1.807, 2.05) is 72.9 Å². The molecule has 8 unspecified atom stereocenters. The monoisotopic (exact) mass is 1100 g/mol. The van der Waals surface area contributed by atoms with Gasteiger partial charge in [-0.3, -0.25) is 9.59 Å². The average molecular weight is 1100 g/mol. The number of unbranched alkanes of at least 4 members (excludes halogenated alkanes) is 24. The highest BCUT2D eigenvalue weighted by atomic mass is 16.7. The molecule has 79 heavy (non-hydrogen) atoms. The minimum atomic E-state index is -1.63. The lowest BCUT2D eigenvalue weighted by Gasteiger charge is -2.41. The van der Waals surface area contributed by atoms with Gasteiger partial charge in [0.2, 0.25) is 5.91 Å². The molecule has 6 N–H and O–H groups in total. The van der Waals surface area contributed by atoms with Crippen LogP contribution in [0.4, 0.5) is 0 Å². The molecule has 1 amide bonds. The fourth-order valence-electron chi connectivity index (χ4n) is 9.04. The van der Waals surface area contributed by atoms with Crippen LogP contribution in [0, 0.1) is 0 Å². The third-order valence-electron chi connectivity index (χ3n) is 14.0. The van der Waals surface area contributed by atoms with Crippen molar-refractivity contribution >= 4 is 11.9 Å². The van der Waals surface area contributed by atoms with Gasteiger partial charge in [0, 0.05) is 6.42 Å². The topological polar surface area (TPSA) is 175 Å². The average Bonchev–Trinajstić information content (AvgIpc) is 3.45. The van der Waals surface area contributed by atoms with Crippen molar-refractivity contribution in [2.24, 2.45) is 0 Å². The smallest absolute Gasteiger partial charge is 0.306 e. The zero-order valence-corrected chi connectivity index (χ0v) is 49.7. The van der Waals surface area contributed by atoms with Gasteiger partial charge < -0.3 is 45.1 Å². The van der Waals surface area contributed by atoms with Crippen LogP contribution in [0.5, 0.6) is 0 Å². The van der Waals surface area contributed by atoms with E-state index in [-0.39, 0.29) is 19.4 Å². The van der Waals surface area contributed by atoms with E-state index >= 15 is 0 Å². The first kappa shape index (κ1) is 73.1. The van der Waals surface area contributed by atoms with Gasteiger partial charge in [0.05, 0.1) is 25.4 Å². The molecule has 1 fully saturated rings.